The first-order chi connectivity index (χ1) is 5.62. The van der Waals surface area contributed by atoms with E-state index in [2.05, 4.69) is 26.5 Å². The van der Waals surface area contributed by atoms with Gasteiger partial charge in [-0.25, -0.2) is 0 Å². The molecule has 13 heavy (non-hydrogen) atoms. The first-order valence-electron chi connectivity index (χ1n) is 3.93. The largest absolute Gasteiger partial charge is 0.673 e. The van der Waals surface area contributed by atoms with E-state index in [4.69, 9.17) is 4.74 Å². The van der Waals surface area contributed by atoms with Crippen molar-refractivity contribution >= 4 is 7.25 Å². The van der Waals surface area contributed by atoms with Crippen LogP contribution in [0.2, 0.25) is 0 Å². The summed E-state index contributed by atoms with van der Waals surface area (Å²) in [6.07, 6.45) is 1.04. The lowest BCUT2D eigenvalue weighted by molar-refractivity contribution is -0.444. The first-order valence-corrected chi connectivity index (χ1v) is 3.93. The van der Waals surface area contributed by atoms with Crippen molar-refractivity contribution in [1.82, 2.24) is 0 Å². The number of hydrogen-bond donors (Lipinski definition) is 1. The summed E-state index contributed by atoms with van der Waals surface area (Å²) in [5.74, 6) is 0. The second-order valence-electron chi connectivity index (χ2n) is 2.96. The van der Waals surface area contributed by atoms with E-state index in [1.165, 1.54) is 0 Å². The molecule has 0 bridgehead atoms. The summed E-state index contributed by atoms with van der Waals surface area (Å²) in [7, 11) is -6.00. The molecule has 0 amide bonds. The van der Waals surface area contributed by atoms with Crippen LogP contribution in [-0.4, -0.2) is 19.6 Å². The Morgan fingerprint density at radius 1 is 1.23 bits per heavy atom. The number of ether oxygens (including phenoxy) is 1. The highest BCUT2D eigenvalue weighted by Crippen LogP contribution is 2.11. The molecule has 82 valence electrons. The summed E-state index contributed by atoms with van der Waals surface area (Å²) in [6, 6.07) is 0. The van der Waals surface area contributed by atoms with E-state index in [0.29, 0.717) is 6.73 Å². The van der Waals surface area contributed by atoms with Gasteiger partial charge in [-0.2, -0.15) is 0 Å². The number of quaternary nitrogens is 1. The zero-order chi connectivity index (χ0) is 11.1. The van der Waals surface area contributed by atoms with Gasteiger partial charge in [0.25, 0.3) is 0 Å². The van der Waals surface area contributed by atoms with E-state index in [-0.39, 0.29) is 5.60 Å². The van der Waals surface area contributed by atoms with Crippen molar-refractivity contribution in [3.8, 4) is 0 Å². The number of rotatable bonds is 3. The van der Waals surface area contributed by atoms with Crippen molar-refractivity contribution in [1.29, 1.82) is 0 Å². The van der Waals surface area contributed by atoms with Crippen molar-refractivity contribution in [3.63, 3.8) is 0 Å². The summed E-state index contributed by atoms with van der Waals surface area (Å²) >= 11 is 0. The molecule has 7 heteroatoms. The molecule has 0 aliphatic carbocycles. The van der Waals surface area contributed by atoms with Crippen LogP contribution in [0, 0.1) is 0 Å². The van der Waals surface area contributed by atoms with Gasteiger partial charge in [-0.05, 0) is 20.3 Å². The van der Waals surface area contributed by atoms with Gasteiger partial charge in [-0.15, -0.1) is 0 Å². The van der Waals surface area contributed by atoms with E-state index >= 15 is 0 Å². The second kappa shape index (κ2) is 6.20. The molecule has 0 radical (unpaired) electrons. The predicted octanol–water partition coefficient (Wildman–Crippen LogP) is 1.69. The Kier molecular flexibility index (Phi) is 7.25. The zero-order valence-corrected chi connectivity index (χ0v) is 8.12. The number of halogens is 4. The van der Waals surface area contributed by atoms with Gasteiger partial charge in [0, 0.05) is 0 Å². The molecule has 0 spiro atoms. The van der Waals surface area contributed by atoms with Crippen LogP contribution in [0.1, 0.15) is 27.2 Å². The summed E-state index contributed by atoms with van der Waals surface area (Å²) in [4.78, 5) is 0. The minimum atomic E-state index is -6.00. The Hall–Kier alpha value is -0.295. The van der Waals surface area contributed by atoms with Crippen LogP contribution in [0.15, 0.2) is 0 Å². The molecule has 0 aromatic rings. The molecule has 0 aliphatic rings. The molecule has 0 aliphatic heterocycles. The molecule has 0 rings (SSSR count). The van der Waals surface area contributed by atoms with Gasteiger partial charge in [0.05, 0.1) is 5.60 Å². The minimum Gasteiger partial charge on any atom is -0.418 e. The number of hydrogen-bond acceptors (Lipinski definition) is 1. The quantitative estimate of drug-likeness (QED) is 0.424. The smallest absolute Gasteiger partial charge is 0.418 e. The van der Waals surface area contributed by atoms with Crippen LogP contribution in [0.25, 0.3) is 0 Å². The van der Waals surface area contributed by atoms with Crippen molar-refractivity contribution in [3.05, 3.63) is 0 Å². The normalized spacial score (nSPS) is 12.0. The molecule has 0 saturated heterocycles. The lowest BCUT2D eigenvalue weighted by Crippen LogP contribution is -2.54. The molecule has 0 atom stereocenters. The van der Waals surface area contributed by atoms with Crippen LogP contribution in [-0.2, 0) is 4.74 Å². The Balaban J connectivity index is 0. The topological polar surface area (TPSA) is 36.9 Å². The maximum absolute atomic E-state index is 9.75. The van der Waals surface area contributed by atoms with Gasteiger partial charge in [0.15, 0.2) is 6.73 Å². The second-order valence-corrected chi connectivity index (χ2v) is 2.96. The van der Waals surface area contributed by atoms with Crippen molar-refractivity contribution in [2.75, 3.05) is 6.73 Å². The lowest BCUT2D eigenvalue weighted by atomic mass is 10.1. The standard InChI is InChI=1S/C6H15NO.BF4/c1-4-6(2,3)8-5-7;2-1(3,4)5/h4-5,7H2,1-3H3;/q;-1/p+1. The van der Waals surface area contributed by atoms with Gasteiger partial charge in [0.1, 0.15) is 0 Å². The van der Waals surface area contributed by atoms with Crippen molar-refractivity contribution < 1.29 is 27.7 Å². The average Bonchev–Trinajstić information content (AvgIpc) is 1.84. The minimum absolute atomic E-state index is 0.0295. The van der Waals surface area contributed by atoms with Crippen molar-refractivity contribution in [2.24, 2.45) is 0 Å². The highest BCUT2D eigenvalue weighted by molar-refractivity contribution is 6.50. The van der Waals surface area contributed by atoms with Crippen LogP contribution in [0.4, 0.5) is 17.3 Å². The molecule has 3 N–H and O–H groups in total. The molecule has 0 heterocycles. The van der Waals surface area contributed by atoms with Gasteiger partial charge in [-0.3, -0.25) is 0 Å². The third kappa shape index (κ3) is 24.5. The SMILES string of the molecule is CCC(C)(C)OC[NH3+].F[B-](F)(F)F. The third-order valence-electron chi connectivity index (χ3n) is 1.34. The third-order valence-corrected chi connectivity index (χ3v) is 1.34. The van der Waals surface area contributed by atoms with Crippen LogP contribution < -0.4 is 5.73 Å². The molecular formula is C6H16BF4NO. The predicted molar refractivity (Wildman–Crippen MR) is 43.4 cm³/mol. The zero-order valence-electron chi connectivity index (χ0n) is 8.12. The van der Waals surface area contributed by atoms with Crippen LogP contribution in [0.5, 0.6) is 0 Å². The van der Waals surface area contributed by atoms with E-state index in [9.17, 15) is 17.3 Å². The summed E-state index contributed by atoms with van der Waals surface area (Å²) in [6.45, 7) is 6.81. The van der Waals surface area contributed by atoms with E-state index in [0.717, 1.165) is 6.42 Å². The summed E-state index contributed by atoms with van der Waals surface area (Å²) in [5.41, 5.74) is 3.63. The highest BCUT2D eigenvalue weighted by atomic mass is 19.5. The molecule has 0 aromatic carbocycles. The van der Waals surface area contributed by atoms with Gasteiger partial charge >= 0.3 is 7.25 Å². The Morgan fingerprint density at radius 3 is 1.62 bits per heavy atom. The highest BCUT2D eigenvalue weighted by Gasteiger charge is 2.20. The van der Waals surface area contributed by atoms with Crippen LogP contribution >= 0.6 is 0 Å². The maximum Gasteiger partial charge on any atom is 0.673 e. The fourth-order valence-electron chi connectivity index (χ4n) is 0.378. The van der Waals surface area contributed by atoms with Gasteiger partial charge < -0.3 is 27.7 Å². The molecule has 0 fully saturated rings. The molecule has 0 saturated carbocycles. The summed E-state index contributed by atoms with van der Waals surface area (Å²) < 4.78 is 44.3. The lowest BCUT2D eigenvalue weighted by Gasteiger charge is -2.20. The Morgan fingerprint density at radius 2 is 1.54 bits per heavy atom. The Bertz CT molecular complexity index is 122. The van der Waals surface area contributed by atoms with E-state index < -0.39 is 7.25 Å². The maximum atomic E-state index is 9.75. The average molecular weight is 205 g/mol. The molecule has 0 unspecified atom stereocenters. The van der Waals surface area contributed by atoms with E-state index in [1.54, 1.807) is 0 Å². The molecular weight excluding hydrogens is 189 g/mol. The monoisotopic (exact) mass is 205 g/mol. The van der Waals surface area contributed by atoms with Gasteiger partial charge in [-0.1, -0.05) is 6.92 Å². The molecule has 0 aromatic heterocycles. The fraction of sp³-hybridized carbons (Fsp3) is 1.00. The Labute approximate surface area is 75.5 Å². The van der Waals surface area contributed by atoms with Gasteiger partial charge in [0.2, 0.25) is 0 Å². The van der Waals surface area contributed by atoms with E-state index in [1.807, 2.05) is 0 Å². The first kappa shape index (κ1) is 15.2. The fourth-order valence-corrected chi connectivity index (χ4v) is 0.378. The molecule has 2 nitrogen and oxygen atoms in total. The summed E-state index contributed by atoms with van der Waals surface area (Å²) in [5, 5.41) is 0. The van der Waals surface area contributed by atoms with Crippen molar-refractivity contribution in [2.45, 2.75) is 32.8 Å². The van der Waals surface area contributed by atoms with Crippen LogP contribution in [0.3, 0.4) is 0 Å².